The van der Waals surface area contributed by atoms with E-state index in [1.165, 1.54) is 5.56 Å². The van der Waals surface area contributed by atoms with E-state index < -0.39 is 10.0 Å². The van der Waals surface area contributed by atoms with Crippen molar-refractivity contribution in [1.82, 2.24) is 5.32 Å². The molecule has 2 rings (SSSR count). The third-order valence-corrected chi connectivity index (χ3v) is 4.30. The van der Waals surface area contributed by atoms with Crippen LogP contribution in [0.1, 0.15) is 24.3 Å². The molecule has 0 unspecified atom stereocenters. The van der Waals surface area contributed by atoms with Crippen LogP contribution in [-0.2, 0) is 10.0 Å². The smallest absolute Gasteiger partial charge is 0.210 e. The highest BCUT2D eigenvalue weighted by atomic mass is 32.2. The molecular weight excluding hydrogens is 264 g/mol. The molecule has 0 atom stereocenters. The fourth-order valence-electron chi connectivity index (χ4n) is 2.36. The topological polar surface area (TPSA) is 81.4 Å². The Kier molecular flexibility index (Phi) is 4.44. The first-order chi connectivity index (χ1) is 8.98. The number of hydrogen-bond donors (Lipinski definition) is 2. The molecule has 5 nitrogen and oxygen atoms in total. The van der Waals surface area contributed by atoms with Crippen molar-refractivity contribution in [3.63, 3.8) is 0 Å². The van der Waals surface area contributed by atoms with Gasteiger partial charge in [-0.05, 0) is 36.5 Å². The van der Waals surface area contributed by atoms with Crippen molar-refractivity contribution >= 4 is 10.0 Å². The van der Waals surface area contributed by atoms with Crippen LogP contribution in [0.25, 0.3) is 0 Å². The molecule has 3 N–H and O–H groups in total. The van der Waals surface area contributed by atoms with Gasteiger partial charge in [-0.25, -0.2) is 13.6 Å². The molecule has 6 heteroatoms. The van der Waals surface area contributed by atoms with Gasteiger partial charge in [-0.15, -0.1) is 0 Å². The lowest BCUT2D eigenvalue weighted by Gasteiger charge is -2.36. The van der Waals surface area contributed by atoms with Crippen LogP contribution in [-0.4, -0.2) is 33.9 Å². The van der Waals surface area contributed by atoms with E-state index in [0.29, 0.717) is 18.5 Å². The standard InChI is InChI=1S/C13H20N2O3S/c1-18-13-4-2-3-10(9-13)11-7-12(8-11)15-5-6-19(14,16)17/h2-4,9,11-12,15H,5-8H2,1H3,(H2,14,16,17). The number of ether oxygens (including phenoxy) is 1. The SMILES string of the molecule is COc1cccc(C2CC(NCCS(N)(=O)=O)C2)c1. The molecule has 1 aliphatic rings. The number of benzene rings is 1. The lowest BCUT2D eigenvalue weighted by molar-refractivity contribution is 0.295. The third kappa shape index (κ3) is 4.19. The average molecular weight is 284 g/mol. The van der Waals surface area contributed by atoms with Gasteiger partial charge in [0.1, 0.15) is 5.75 Å². The van der Waals surface area contributed by atoms with Gasteiger partial charge in [-0.2, -0.15) is 0 Å². The van der Waals surface area contributed by atoms with Gasteiger partial charge in [0.05, 0.1) is 12.9 Å². The molecule has 0 aromatic heterocycles. The monoisotopic (exact) mass is 284 g/mol. The summed E-state index contributed by atoms with van der Waals surface area (Å²) < 4.78 is 26.8. The molecule has 0 bridgehead atoms. The second kappa shape index (κ2) is 5.90. The maximum Gasteiger partial charge on any atom is 0.210 e. The zero-order chi connectivity index (χ0) is 13.9. The summed E-state index contributed by atoms with van der Waals surface area (Å²) in [6, 6.07) is 8.48. The highest BCUT2D eigenvalue weighted by molar-refractivity contribution is 7.89. The largest absolute Gasteiger partial charge is 0.497 e. The van der Waals surface area contributed by atoms with E-state index >= 15 is 0 Å². The fourth-order valence-corrected chi connectivity index (χ4v) is 2.76. The zero-order valence-electron chi connectivity index (χ0n) is 11.0. The Hall–Kier alpha value is -1.11. The van der Waals surface area contributed by atoms with E-state index in [1.807, 2.05) is 12.1 Å². The van der Waals surface area contributed by atoms with Crippen LogP contribution < -0.4 is 15.2 Å². The van der Waals surface area contributed by atoms with Crippen LogP contribution in [0.15, 0.2) is 24.3 Å². The van der Waals surface area contributed by atoms with Gasteiger partial charge < -0.3 is 10.1 Å². The molecule has 19 heavy (non-hydrogen) atoms. The Morgan fingerprint density at radius 2 is 2.16 bits per heavy atom. The maximum absolute atomic E-state index is 10.8. The van der Waals surface area contributed by atoms with E-state index in [4.69, 9.17) is 9.88 Å². The first-order valence-electron chi connectivity index (χ1n) is 6.36. The number of nitrogens with two attached hydrogens (primary N) is 1. The fraction of sp³-hybridized carbons (Fsp3) is 0.538. The Morgan fingerprint density at radius 3 is 2.79 bits per heavy atom. The van der Waals surface area contributed by atoms with Gasteiger partial charge >= 0.3 is 0 Å². The summed E-state index contributed by atoms with van der Waals surface area (Å²) in [7, 11) is -1.69. The van der Waals surface area contributed by atoms with Gasteiger partial charge in [0.25, 0.3) is 0 Å². The molecule has 0 aliphatic heterocycles. The number of hydrogen-bond acceptors (Lipinski definition) is 4. The first-order valence-corrected chi connectivity index (χ1v) is 8.07. The van der Waals surface area contributed by atoms with Crippen LogP contribution in [0.2, 0.25) is 0 Å². The molecule has 0 radical (unpaired) electrons. The summed E-state index contributed by atoms with van der Waals surface area (Å²) in [5, 5.41) is 8.16. The van der Waals surface area contributed by atoms with Gasteiger partial charge in [0, 0.05) is 12.6 Å². The van der Waals surface area contributed by atoms with Crippen LogP contribution >= 0.6 is 0 Å². The van der Waals surface area contributed by atoms with Crippen LogP contribution in [0, 0.1) is 0 Å². The van der Waals surface area contributed by atoms with Crippen LogP contribution in [0.4, 0.5) is 0 Å². The van der Waals surface area contributed by atoms with Crippen molar-refractivity contribution in [3.8, 4) is 5.75 Å². The van der Waals surface area contributed by atoms with Crippen LogP contribution in [0.3, 0.4) is 0 Å². The molecule has 0 amide bonds. The van der Waals surface area contributed by atoms with Crippen molar-refractivity contribution in [2.24, 2.45) is 5.14 Å². The summed E-state index contributed by atoms with van der Waals surface area (Å²) in [6.07, 6.45) is 2.05. The number of rotatable bonds is 6. The molecule has 1 aromatic rings. The number of sulfonamides is 1. The molecule has 0 spiro atoms. The van der Waals surface area contributed by atoms with Gasteiger partial charge in [0.15, 0.2) is 0 Å². The Bertz CT molecular complexity index is 524. The van der Waals surface area contributed by atoms with Crippen molar-refractivity contribution in [2.75, 3.05) is 19.4 Å². The summed E-state index contributed by atoms with van der Waals surface area (Å²) in [5.41, 5.74) is 1.28. The number of nitrogens with one attached hydrogen (secondary N) is 1. The second-order valence-corrected chi connectivity index (χ2v) is 6.70. The maximum atomic E-state index is 10.8. The molecule has 1 aromatic carbocycles. The molecule has 1 aliphatic carbocycles. The predicted molar refractivity (Wildman–Crippen MR) is 74.7 cm³/mol. The summed E-state index contributed by atoms with van der Waals surface area (Å²) in [5.74, 6) is 1.40. The molecule has 1 saturated carbocycles. The minimum Gasteiger partial charge on any atom is -0.497 e. The Labute approximate surface area is 114 Å². The van der Waals surface area contributed by atoms with E-state index in [2.05, 4.69) is 17.4 Å². The van der Waals surface area contributed by atoms with E-state index in [1.54, 1.807) is 7.11 Å². The summed E-state index contributed by atoms with van der Waals surface area (Å²) in [6.45, 7) is 0.425. The zero-order valence-corrected chi connectivity index (χ0v) is 11.8. The average Bonchev–Trinajstić information content (AvgIpc) is 2.31. The van der Waals surface area contributed by atoms with Gasteiger partial charge in [-0.3, -0.25) is 0 Å². The summed E-state index contributed by atoms with van der Waals surface area (Å²) in [4.78, 5) is 0. The second-order valence-electron chi connectivity index (χ2n) is 4.96. The molecule has 1 fully saturated rings. The minimum atomic E-state index is -3.36. The van der Waals surface area contributed by atoms with Crippen molar-refractivity contribution in [2.45, 2.75) is 24.8 Å². The van der Waals surface area contributed by atoms with E-state index in [-0.39, 0.29) is 5.75 Å². The van der Waals surface area contributed by atoms with Crippen molar-refractivity contribution in [3.05, 3.63) is 29.8 Å². The van der Waals surface area contributed by atoms with Crippen LogP contribution in [0.5, 0.6) is 5.75 Å². The molecule has 0 saturated heterocycles. The molecular formula is C13H20N2O3S. The normalized spacial score (nSPS) is 22.8. The Morgan fingerprint density at radius 1 is 1.42 bits per heavy atom. The quantitative estimate of drug-likeness (QED) is 0.810. The number of primary sulfonamides is 1. The van der Waals surface area contributed by atoms with Crippen molar-refractivity contribution in [1.29, 1.82) is 0 Å². The van der Waals surface area contributed by atoms with Crippen molar-refractivity contribution < 1.29 is 13.2 Å². The predicted octanol–water partition coefficient (Wildman–Crippen LogP) is 0.819. The van der Waals surface area contributed by atoms with E-state index in [0.717, 1.165) is 18.6 Å². The number of methoxy groups -OCH3 is 1. The van der Waals surface area contributed by atoms with Gasteiger partial charge in [0.2, 0.25) is 10.0 Å². The summed E-state index contributed by atoms with van der Waals surface area (Å²) >= 11 is 0. The highest BCUT2D eigenvalue weighted by Crippen LogP contribution is 2.37. The molecule has 0 heterocycles. The first kappa shape index (κ1) is 14.3. The highest BCUT2D eigenvalue weighted by Gasteiger charge is 2.30. The van der Waals surface area contributed by atoms with E-state index in [9.17, 15) is 8.42 Å². The lowest BCUT2D eigenvalue weighted by Crippen LogP contribution is -2.42. The van der Waals surface area contributed by atoms with Gasteiger partial charge in [-0.1, -0.05) is 12.1 Å². The Balaban J connectivity index is 1.76. The lowest BCUT2D eigenvalue weighted by atomic mass is 9.76. The third-order valence-electron chi connectivity index (χ3n) is 3.52. The molecule has 106 valence electrons. The minimum absolute atomic E-state index is 0.00662.